The molecule has 0 aromatic heterocycles. The zero-order valence-electron chi connectivity index (χ0n) is 16.1. The summed E-state index contributed by atoms with van der Waals surface area (Å²) in [7, 11) is 0. The van der Waals surface area contributed by atoms with Crippen LogP contribution in [-0.2, 0) is 9.53 Å². The molecule has 1 saturated heterocycles. The molecule has 1 atom stereocenters. The van der Waals surface area contributed by atoms with Gasteiger partial charge in [0, 0.05) is 30.4 Å². The van der Waals surface area contributed by atoms with Crippen molar-refractivity contribution in [2.45, 2.75) is 25.0 Å². The molecule has 2 fully saturated rings. The van der Waals surface area contributed by atoms with Gasteiger partial charge in [-0.15, -0.1) is 0 Å². The zero-order chi connectivity index (χ0) is 20.2. The SMILES string of the molecule is O=C(CN1CCOC(c2ccc(F)cc2)C1)Nc1cccc(C(=O)NC2CC2)c1. The van der Waals surface area contributed by atoms with Crippen LogP contribution < -0.4 is 10.6 Å². The Hall–Kier alpha value is -2.77. The highest BCUT2D eigenvalue weighted by atomic mass is 19.1. The van der Waals surface area contributed by atoms with Crippen LogP contribution in [0.5, 0.6) is 0 Å². The van der Waals surface area contributed by atoms with Crippen LogP contribution in [-0.4, -0.2) is 49.0 Å². The quantitative estimate of drug-likeness (QED) is 0.786. The summed E-state index contributed by atoms with van der Waals surface area (Å²) in [6.07, 6.45) is 1.87. The Kier molecular flexibility index (Phi) is 5.87. The molecule has 2 aromatic carbocycles. The van der Waals surface area contributed by atoms with E-state index in [1.807, 2.05) is 4.90 Å². The number of amides is 2. The molecule has 0 bridgehead atoms. The molecule has 29 heavy (non-hydrogen) atoms. The van der Waals surface area contributed by atoms with Crippen molar-refractivity contribution in [1.29, 1.82) is 0 Å². The van der Waals surface area contributed by atoms with Gasteiger partial charge >= 0.3 is 0 Å². The fraction of sp³-hybridized carbons (Fsp3) is 0.364. The van der Waals surface area contributed by atoms with E-state index in [1.165, 1.54) is 12.1 Å². The molecule has 2 N–H and O–H groups in total. The van der Waals surface area contributed by atoms with E-state index in [-0.39, 0.29) is 36.3 Å². The van der Waals surface area contributed by atoms with Crippen LogP contribution in [0.25, 0.3) is 0 Å². The molecule has 1 aliphatic carbocycles. The van der Waals surface area contributed by atoms with Gasteiger partial charge in [0.2, 0.25) is 5.91 Å². The Labute approximate surface area is 169 Å². The molecular formula is C22H24FN3O3. The third-order valence-electron chi connectivity index (χ3n) is 5.08. The summed E-state index contributed by atoms with van der Waals surface area (Å²) in [5, 5.41) is 5.81. The summed E-state index contributed by atoms with van der Waals surface area (Å²) in [5.41, 5.74) is 2.03. The van der Waals surface area contributed by atoms with Gasteiger partial charge in [-0.25, -0.2) is 4.39 Å². The molecule has 2 amide bonds. The van der Waals surface area contributed by atoms with Gasteiger partial charge in [-0.2, -0.15) is 0 Å². The molecule has 1 unspecified atom stereocenters. The number of morpholine rings is 1. The number of rotatable bonds is 6. The van der Waals surface area contributed by atoms with E-state index in [9.17, 15) is 14.0 Å². The van der Waals surface area contributed by atoms with Gasteiger partial charge in [-0.1, -0.05) is 18.2 Å². The fourth-order valence-electron chi connectivity index (χ4n) is 3.36. The molecule has 7 heteroatoms. The van der Waals surface area contributed by atoms with Crippen molar-refractivity contribution in [2.24, 2.45) is 0 Å². The van der Waals surface area contributed by atoms with Crippen molar-refractivity contribution in [3.05, 3.63) is 65.5 Å². The summed E-state index contributed by atoms with van der Waals surface area (Å²) < 4.78 is 18.9. The lowest BCUT2D eigenvalue weighted by Crippen LogP contribution is -2.42. The number of hydrogen-bond acceptors (Lipinski definition) is 4. The Balaban J connectivity index is 1.32. The van der Waals surface area contributed by atoms with Crippen LogP contribution in [0.2, 0.25) is 0 Å². The smallest absolute Gasteiger partial charge is 0.251 e. The first-order valence-corrected chi connectivity index (χ1v) is 9.87. The molecule has 4 rings (SSSR count). The molecular weight excluding hydrogens is 373 g/mol. The van der Waals surface area contributed by atoms with Crippen LogP contribution in [0, 0.1) is 5.82 Å². The molecule has 1 heterocycles. The van der Waals surface area contributed by atoms with Gasteiger partial charge in [0.25, 0.3) is 5.91 Å². The van der Waals surface area contributed by atoms with E-state index in [0.717, 1.165) is 18.4 Å². The average Bonchev–Trinajstić information content (AvgIpc) is 3.53. The number of anilines is 1. The highest BCUT2D eigenvalue weighted by molar-refractivity contribution is 5.97. The Morgan fingerprint density at radius 2 is 1.93 bits per heavy atom. The Morgan fingerprint density at radius 1 is 1.14 bits per heavy atom. The number of carbonyl (C=O) groups is 2. The molecule has 2 aromatic rings. The molecule has 1 aliphatic heterocycles. The van der Waals surface area contributed by atoms with Crippen molar-refractivity contribution < 1.29 is 18.7 Å². The van der Waals surface area contributed by atoms with Crippen LogP contribution in [0.3, 0.4) is 0 Å². The summed E-state index contributed by atoms with van der Waals surface area (Å²) >= 11 is 0. The highest BCUT2D eigenvalue weighted by Gasteiger charge is 2.25. The van der Waals surface area contributed by atoms with E-state index in [4.69, 9.17) is 4.74 Å². The minimum atomic E-state index is -0.283. The van der Waals surface area contributed by atoms with Crippen LogP contribution in [0.4, 0.5) is 10.1 Å². The minimum Gasteiger partial charge on any atom is -0.371 e. The fourth-order valence-corrected chi connectivity index (χ4v) is 3.36. The predicted octanol–water partition coefficient (Wildman–Crippen LogP) is 2.73. The van der Waals surface area contributed by atoms with Crippen LogP contribution >= 0.6 is 0 Å². The number of hydrogen-bond donors (Lipinski definition) is 2. The van der Waals surface area contributed by atoms with Crippen molar-refractivity contribution in [3.63, 3.8) is 0 Å². The average molecular weight is 397 g/mol. The summed E-state index contributed by atoms with van der Waals surface area (Å²) in [5.74, 6) is -0.544. The van der Waals surface area contributed by atoms with Gasteiger partial charge in [0.05, 0.1) is 19.3 Å². The number of nitrogens with zero attached hydrogens (tertiary/aromatic N) is 1. The second kappa shape index (κ2) is 8.71. The van der Waals surface area contributed by atoms with Gasteiger partial charge < -0.3 is 15.4 Å². The standard InChI is InChI=1S/C22H24FN3O3/c23-17-6-4-15(5-7-17)20-13-26(10-11-29-20)14-21(27)24-19-3-1-2-16(12-19)22(28)25-18-8-9-18/h1-7,12,18,20H,8-11,13-14H2,(H,24,27)(H,25,28). The summed E-state index contributed by atoms with van der Waals surface area (Å²) in [6, 6.07) is 13.5. The second-order valence-electron chi connectivity index (χ2n) is 7.52. The highest BCUT2D eigenvalue weighted by Crippen LogP contribution is 2.23. The Bertz CT molecular complexity index is 883. The maximum Gasteiger partial charge on any atom is 0.251 e. The van der Waals surface area contributed by atoms with E-state index in [2.05, 4.69) is 10.6 Å². The van der Waals surface area contributed by atoms with Gasteiger partial charge in [-0.05, 0) is 48.7 Å². The van der Waals surface area contributed by atoms with Crippen LogP contribution in [0.1, 0.15) is 34.9 Å². The second-order valence-corrected chi connectivity index (χ2v) is 7.52. The van der Waals surface area contributed by atoms with Crippen molar-refractivity contribution in [1.82, 2.24) is 10.2 Å². The first-order valence-electron chi connectivity index (χ1n) is 9.87. The molecule has 0 spiro atoms. The van der Waals surface area contributed by atoms with Gasteiger partial charge in [0.15, 0.2) is 0 Å². The van der Waals surface area contributed by atoms with E-state index >= 15 is 0 Å². The third-order valence-corrected chi connectivity index (χ3v) is 5.08. The lowest BCUT2D eigenvalue weighted by atomic mass is 10.1. The normalized spacial score (nSPS) is 19.6. The molecule has 0 radical (unpaired) electrons. The predicted molar refractivity (Wildman–Crippen MR) is 107 cm³/mol. The van der Waals surface area contributed by atoms with Gasteiger partial charge in [-0.3, -0.25) is 14.5 Å². The minimum absolute atomic E-state index is 0.112. The number of nitrogens with one attached hydrogen (secondary N) is 2. The molecule has 152 valence electrons. The number of halogens is 1. The largest absolute Gasteiger partial charge is 0.371 e. The number of ether oxygens (including phenoxy) is 1. The monoisotopic (exact) mass is 397 g/mol. The topological polar surface area (TPSA) is 70.7 Å². The maximum absolute atomic E-state index is 13.1. The summed E-state index contributed by atoms with van der Waals surface area (Å²) in [6.45, 7) is 1.93. The van der Waals surface area contributed by atoms with Crippen molar-refractivity contribution >= 4 is 17.5 Å². The van der Waals surface area contributed by atoms with Crippen molar-refractivity contribution in [2.75, 3.05) is 31.6 Å². The summed E-state index contributed by atoms with van der Waals surface area (Å²) in [4.78, 5) is 26.7. The first-order chi connectivity index (χ1) is 14.1. The van der Waals surface area contributed by atoms with Crippen LogP contribution in [0.15, 0.2) is 48.5 Å². The van der Waals surface area contributed by atoms with E-state index in [0.29, 0.717) is 30.9 Å². The lowest BCUT2D eigenvalue weighted by Gasteiger charge is -2.32. The Morgan fingerprint density at radius 3 is 2.69 bits per heavy atom. The van der Waals surface area contributed by atoms with E-state index < -0.39 is 0 Å². The maximum atomic E-state index is 13.1. The van der Waals surface area contributed by atoms with E-state index in [1.54, 1.807) is 36.4 Å². The number of carbonyl (C=O) groups excluding carboxylic acids is 2. The number of benzene rings is 2. The molecule has 1 saturated carbocycles. The molecule has 2 aliphatic rings. The zero-order valence-corrected chi connectivity index (χ0v) is 16.1. The lowest BCUT2D eigenvalue weighted by molar-refractivity contribution is -0.119. The molecule has 6 nitrogen and oxygen atoms in total. The van der Waals surface area contributed by atoms with Gasteiger partial charge in [0.1, 0.15) is 5.82 Å². The first kappa shape index (κ1) is 19.5. The third kappa shape index (κ3) is 5.40. The van der Waals surface area contributed by atoms with Crippen molar-refractivity contribution in [3.8, 4) is 0 Å².